The molecule has 0 aliphatic carbocycles. The quantitative estimate of drug-likeness (QED) is 0.834. The topological polar surface area (TPSA) is 20.3 Å². The summed E-state index contributed by atoms with van der Waals surface area (Å²) in [5.41, 5.74) is 1.17. The van der Waals surface area contributed by atoms with E-state index in [1.54, 1.807) is 0 Å². The summed E-state index contributed by atoms with van der Waals surface area (Å²) in [5.74, 6) is 0.726. The largest absolute Gasteiger partial charge is 0.300 e. The fourth-order valence-electron chi connectivity index (χ4n) is 3.92. The first-order chi connectivity index (χ1) is 10.2. The van der Waals surface area contributed by atoms with Crippen LogP contribution in [0.2, 0.25) is 0 Å². The van der Waals surface area contributed by atoms with Gasteiger partial charge in [-0.3, -0.25) is 4.79 Å². The molecule has 2 nitrogen and oxygen atoms in total. The van der Waals surface area contributed by atoms with Gasteiger partial charge in [-0.05, 0) is 38.3 Å². The van der Waals surface area contributed by atoms with Crippen LogP contribution in [0.1, 0.15) is 44.1 Å². The Hall–Kier alpha value is -1.41. The molecule has 2 aliphatic heterocycles. The van der Waals surface area contributed by atoms with Gasteiger partial charge >= 0.3 is 0 Å². The summed E-state index contributed by atoms with van der Waals surface area (Å²) in [7, 11) is 2.24. The average Bonchev–Trinajstić information content (AvgIpc) is 2.48. The molecule has 2 unspecified atom stereocenters. The first-order valence-electron chi connectivity index (χ1n) is 8.20. The highest BCUT2D eigenvalue weighted by Gasteiger charge is 2.37. The molecule has 0 spiro atoms. The van der Waals surface area contributed by atoms with Crippen molar-refractivity contribution in [3.63, 3.8) is 0 Å². The minimum absolute atomic E-state index is 0.289. The van der Waals surface area contributed by atoms with E-state index < -0.39 is 0 Å². The molecule has 0 saturated carbocycles. The fraction of sp³-hybridized carbons (Fsp3) is 0.526. The van der Waals surface area contributed by atoms with Gasteiger partial charge in [-0.2, -0.15) is 0 Å². The fourth-order valence-corrected chi connectivity index (χ4v) is 3.92. The van der Waals surface area contributed by atoms with Crippen molar-refractivity contribution in [3.05, 3.63) is 42.0 Å². The van der Waals surface area contributed by atoms with Crippen molar-refractivity contribution in [2.45, 2.75) is 50.6 Å². The van der Waals surface area contributed by atoms with Crippen LogP contribution in [0.4, 0.5) is 0 Å². The van der Waals surface area contributed by atoms with Gasteiger partial charge in [-0.1, -0.05) is 48.9 Å². The smallest absolute Gasteiger partial charge is 0.139 e. The highest BCUT2D eigenvalue weighted by atomic mass is 16.1. The summed E-state index contributed by atoms with van der Waals surface area (Å²) in [4.78, 5) is 15.0. The Kier molecular flexibility index (Phi) is 4.54. The molecule has 1 aromatic rings. The molecule has 0 radical (unpaired) electrons. The van der Waals surface area contributed by atoms with Gasteiger partial charge in [0.25, 0.3) is 0 Å². The molecular weight excluding hydrogens is 258 g/mol. The van der Waals surface area contributed by atoms with Gasteiger partial charge in [0.1, 0.15) is 5.78 Å². The number of nitrogens with zero attached hydrogens (tertiary/aromatic N) is 1. The Morgan fingerprint density at radius 2 is 1.86 bits per heavy atom. The van der Waals surface area contributed by atoms with Gasteiger partial charge in [0.15, 0.2) is 0 Å². The third-order valence-corrected chi connectivity index (χ3v) is 5.22. The molecule has 2 atom stereocenters. The maximum Gasteiger partial charge on any atom is 0.139 e. The van der Waals surface area contributed by atoms with Crippen LogP contribution in [-0.2, 0) is 4.79 Å². The Balaban J connectivity index is 1.55. The van der Waals surface area contributed by atoms with Gasteiger partial charge in [0, 0.05) is 24.4 Å². The van der Waals surface area contributed by atoms with Crippen molar-refractivity contribution >= 4 is 11.9 Å². The maximum atomic E-state index is 12.5. The average molecular weight is 283 g/mol. The molecule has 0 N–H and O–H groups in total. The van der Waals surface area contributed by atoms with Gasteiger partial charge < -0.3 is 4.90 Å². The van der Waals surface area contributed by atoms with Gasteiger partial charge in [-0.15, -0.1) is 0 Å². The molecule has 2 bridgehead atoms. The predicted molar refractivity (Wildman–Crippen MR) is 87.0 cm³/mol. The second-order valence-electron chi connectivity index (χ2n) is 6.56. The second-order valence-corrected chi connectivity index (χ2v) is 6.56. The first kappa shape index (κ1) is 14.5. The third-order valence-electron chi connectivity index (χ3n) is 5.22. The van der Waals surface area contributed by atoms with Crippen LogP contribution in [0, 0.1) is 5.92 Å². The van der Waals surface area contributed by atoms with Crippen molar-refractivity contribution in [2.24, 2.45) is 5.92 Å². The minimum atomic E-state index is 0.289. The zero-order chi connectivity index (χ0) is 14.7. The third kappa shape index (κ3) is 3.44. The zero-order valence-electron chi connectivity index (χ0n) is 12.9. The van der Waals surface area contributed by atoms with E-state index >= 15 is 0 Å². The van der Waals surface area contributed by atoms with Crippen molar-refractivity contribution in [2.75, 3.05) is 7.05 Å². The van der Waals surface area contributed by atoms with E-state index in [1.165, 1.54) is 24.8 Å². The van der Waals surface area contributed by atoms with E-state index in [0.29, 0.717) is 24.3 Å². The number of fused-ring (bicyclic) bond motifs is 2. The van der Waals surface area contributed by atoms with Crippen molar-refractivity contribution < 1.29 is 4.79 Å². The molecule has 2 heteroatoms. The molecule has 2 aliphatic rings. The normalized spacial score (nSPS) is 29.7. The summed E-state index contributed by atoms with van der Waals surface area (Å²) in [5, 5.41) is 0. The number of Topliss-reactive ketones (excluding diaryl/α,β-unsaturated/α-hetero) is 1. The minimum Gasteiger partial charge on any atom is -0.300 e. The van der Waals surface area contributed by atoms with E-state index in [1.807, 2.05) is 24.3 Å². The monoisotopic (exact) mass is 283 g/mol. The number of carbonyl (C=O) groups excluding carboxylic acids is 1. The van der Waals surface area contributed by atoms with Crippen molar-refractivity contribution in [1.82, 2.24) is 4.90 Å². The molecule has 2 saturated heterocycles. The molecule has 1 aromatic carbocycles. The highest BCUT2D eigenvalue weighted by Crippen LogP contribution is 2.36. The highest BCUT2D eigenvalue weighted by molar-refractivity contribution is 5.83. The van der Waals surface area contributed by atoms with E-state index in [-0.39, 0.29) is 5.92 Å². The SMILES string of the molecule is CN1C2CCCC1CC(C(=O)C/C=C/c1ccccc1)C2. The van der Waals surface area contributed by atoms with Crippen LogP contribution in [0.15, 0.2) is 36.4 Å². The number of piperidine rings is 2. The summed E-state index contributed by atoms with van der Waals surface area (Å²) < 4.78 is 0. The number of rotatable bonds is 4. The summed E-state index contributed by atoms with van der Waals surface area (Å²) in [6.45, 7) is 0. The molecule has 112 valence electrons. The van der Waals surface area contributed by atoms with Crippen molar-refractivity contribution in [1.29, 1.82) is 0 Å². The first-order valence-corrected chi connectivity index (χ1v) is 8.20. The van der Waals surface area contributed by atoms with Crippen LogP contribution in [0.5, 0.6) is 0 Å². The molecule has 2 fully saturated rings. The molecule has 2 heterocycles. The molecule has 0 amide bonds. The number of hydrogen-bond acceptors (Lipinski definition) is 2. The number of allylic oxidation sites excluding steroid dienone is 1. The lowest BCUT2D eigenvalue weighted by atomic mass is 9.76. The number of benzene rings is 1. The molecule has 3 rings (SSSR count). The van der Waals surface area contributed by atoms with Crippen LogP contribution in [-0.4, -0.2) is 29.8 Å². The zero-order valence-corrected chi connectivity index (χ0v) is 12.9. The van der Waals surface area contributed by atoms with Gasteiger partial charge in [0.05, 0.1) is 0 Å². The van der Waals surface area contributed by atoms with Gasteiger partial charge in [0.2, 0.25) is 0 Å². The maximum absolute atomic E-state index is 12.5. The number of ketones is 1. The number of hydrogen-bond donors (Lipinski definition) is 0. The predicted octanol–water partition coefficient (Wildman–Crippen LogP) is 3.92. The standard InChI is InChI=1S/C19H25NO/c1-20-17-10-6-11-18(20)14-16(13-17)19(21)12-5-9-15-7-3-2-4-8-15/h2-5,7-9,16-18H,6,10-14H2,1H3/b9-5+. The van der Waals surface area contributed by atoms with E-state index in [0.717, 1.165) is 12.8 Å². The lowest BCUT2D eigenvalue weighted by molar-refractivity contribution is -0.125. The van der Waals surface area contributed by atoms with Crippen LogP contribution in [0.3, 0.4) is 0 Å². The van der Waals surface area contributed by atoms with Crippen LogP contribution >= 0.6 is 0 Å². The summed E-state index contributed by atoms with van der Waals surface area (Å²) in [6.07, 6.45) is 10.7. The van der Waals surface area contributed by atoms with E-state index in [9.17, 15) is 4.79 Å². The Labute approximate surface area is 127 Å². The molecular formula is C19H25NO. The lowest BCUT2D eigenvalue weighted by Gasteiger charge is -2.46. The Bertz CT molecular complexity index is 494. The second kappa shape index (κ2) is 6.57. The summed E-state index contributed by atoms with van der Waals surface area (Å²) in [6, 6.07) is 11.5. The number of carbonyl (C=O) groups is 1. The van der Waals surface area contributed by atoms with E-state index in [4.69, 9.17) is 0 Å². The van der Waals surface area contributed by atoms with E-state index in [2.05, 4.69) is 30.2 Å². The summed E-state index contributed by atoms with van der Waals surface area (Å²) >= 11 is 0. The molecule has 0 aromatic heterocycles. The lowest BCUT2D eigenvalue weighted by Crippen LogP contribution is -2.50. The Morgan fingerprint density at radius 3 is 2.52 bits per heavy atom. The Morgan fingerprint density at radius 1 is 1.19 bits per heavy atom. The van der Waals surface area contributed by atoms with Crippen LogP contribution in [0.25, 0.3) is 6.08 Å². The van der Waals surface area contributed by atoms with Crippen LogP contribution < -0.4 is 0 Å². The van der Waals surface area contributed by atoms with Gasteiger partial charge in [-0.25, -0.2) is 0 Å². The molecule has 21 heavy (non-hydrogen) atoms. The van der Waals surface area contributed by atoms with Crippen molar-refractivity contribution in [3.8, 4) is 0 Å².